The quantitative estimate of drug-likeness (QED) is 0.915. The maximum Gasteiger partial charge on any atom is 0.255 e. The minimum Gasteiger partial charge on any atom is -0.381 e. The van der Waals surface area contributed by atoms with Gasteiger partial charge in [0.25, 0.3) is 5.91 Å². The first kappa shape index (κ1) is 17.4. The molecule has 1 saturated heterocycles. The summed E-state index contributed by atoms with van der Waals surface area (Å²) in [5.41, 5.74) is 1.76. The van der Waals surface area contributed by atoms with E-state index >= 15 is 0 Å². The summed E-state index contributed by atoms with van der Waals surface area (Å²) in [5, 5.41) is 2.68. The van der Waals surface area contributed by atoms with Gasteiger partial charge in [0.1, 0.15) is 0 Å². The molecule has 0 saturated carbocycles. The van der Waals surface area contributed by atoms with Gasteiger partial charge in [-0.2, -0.15) is 0 Å². The fourth-order valence-electron chi connectivity index (χ4n) is 2.95. The molecule has 1 fully saturated rings. The first-order chi connectivity index (χ1) is 12.1. The van der Waals surface area contributed by atoms with Gasteiger partial charge in [-0.05, 0) is 55.3 Å². The third-order valence-electron chi connectivity index (χ3n) is 4.45. The van der Waals surface area contributed by atoms with Crippen LogP contribution >= 0.6 is 0 Å². The summed E-state index contributed by atoms with van der Waals surface area (Å²) in [6.45, 7) is 1.86. The van der Waals surface area contributed by atoms with E-state index in [1.807, 2.05) is 12.1 Å². The van der Waals surface area contributed by atoms with Crippen molar-refractivity contribution >= 4 is 17.3 Å². The second-order valence-electron chi connectivity index (χ2n) is 6.05. The van der Waals surface area contributed by atoms with Crippen LogP contribution in [0.25, 0.3) is 0 Å². The lowest BCUT2D eigenvalue weighted by Gasteiger charge is -2.33. The number of piperidine rings is 1. The highest BCUT2D eigenvalue weighted by molar-refractivity contribution is 6.04. The Morgan fingerprint density at radius 3 is 2.36 bits per heavy atom. The standard InChI is InChI=1S/C19H20F2N2O2/c1-25-16-8-10-23(11-9-16)15-5-3-14(4-6-15)22-19(24)13-2-7-17(20)18(21)12-13/h2-7,12,16H,8-11H2,1H3,(H,22,24). The summed E-state index contributed by atoms with van der Waals surface area (Å²) in [4.78, 5) is 14.4. The SMILES string of the molecule is COC1CCN(c2ccc(NC(=O)c3ccc(F)c(F)c3)cc2)CC1. The Kier molecular flexibility index (Phi) is 5.28. The van der Waals surface area contributed by atoms with Gasteiger partial charge in [0.15, 0.2) is 11.6 Å². The van der Waals surface area contributed by atoms with Gasteiger partial charge in [-0.3, -0.25) is 4.79 Å². The number of hydrogen-bond acceptors (Lipinski definition) is 3. The molecule has 4 nitrogen and oxygen atoms in total. The van der Waals surface area contributed by atoms with E-state index in [-0.39, 0.29) is 5.56 Å². The molecule has 2 aromatic carbocycles. The van der Waals surface area contributed by atoms with Crippen molar-refractivity contribution in [2.24, 2.45) is 0 Å². The van der Waals surface area contributed by atoms with Crippen molar-refractivity contribution in [2.75, 3.05) is 30.4 Å². The van der Waals surface area contributed by atoms with E-state index in [4.69, 9.17) is 4.74 Å². The highest BCUT2D eigenvalue weighted by Crippen LogP contribution is 2.23. The van der Waals surface area contributed by atoms with Crippen LogP contribution in [0.4, 0.5) is 20.2 Å². The zero-order valence-corrected chi connectivity index (χ0v) is 14.0. The Labute approximate surface area is 145 Å². The van der Waals surface area contributed by atoms with Gasteiger partial charge in [-0.25, -0.2) is 8.78 Å². The number of carbonyl (C=O) groups excluding carboxylic acids is 1. The van der Waals surface area contributed by atoms with E-state index in [9.17, 15) is 13.6 Å². The van der Waals surface area contributed by atoms with E-state index in [1.165, 1.54) is 6.07 Å². The monoisotopic (exact) mass is 346 g/mol. The maximum absolute atomic E-state index is 13.2. The van der Waals surface area contributed by atoms with Gasteiger partial charge >= 0.3 is 0 Å². The van der Waals surface area contributed by atoms with Gasteiger partial charge in [-0.1, -0.05) is 0 Å². The zero-order chi connectivity index (χ0) is 17.8. The maximum atomic E-state index is 13.2. The largest absolute Gasteiger partial charge is 0.381 e. The molecule has 0 spiro atoms. The van der Waals surface area contributed by atoms with E-state index in [0.717, 1.165) is 43.8 Å². The summed E-state index contributed by atoms with van der Waals surface area (Å²) in [7, 11) is 1.74. The highest BCUT2D eigenvalue weighted by atomic mass is 19.2. The molecule has 25 heavy (non-hydrogen) atoms. The summed E-state index contributed by atoms with van der Waals surface area (Å²) in [6, 6.07) is 10.6. The molecule has 0 unspecified atom stereocenters. The number of carbonyl (C=O) groups is 1. The van der Waals surface area contributed by atoms with Crippen molar-refractivity contribution in [3.05, 3.63) is 59.7 Å². The Bertz CT molecular complexity index is 742. The predicted octanol–water partition coefficient (Wildman–Crippen LogP) is 3.83. The minimum atomic E-state index is -1.04. The topological polar surface area (TPSA) is 41.6 Å². The number of ether oxygens (including phenoxy) is 1. The van der Waals surface area contributed by atoms with Crippen molar-refractivity contribution < 1.29 is 18.3 Å². The van der Waals surface area contributed by atoms with Gasteiger partial charge in [0.05, 0.1) is 6.10 Å². The average molecular weight is 346 g/mol. The molecule has 1 aliphatic heterocycles. The van der Waals surface area contributed by atoms with Crippen molar-refractivity contribution in [3.8, 4) is 0 Å². The number of methoxy groups -OCH3 is 1. The van der Waals surface area contributed by atoms with Gasteiger partial charge < -0.3 is 15.0 Å². The Morgan fingerprint density at radius 2 is 1.76 bits per heavy atom. The molecule has 2 aromatic rings. The molecule has 1 N–H and O–H groups in total. The van der Waals surface area contributed by atoms with Crippen molar-refractivity contribution in [3.63, 3.8) is 0 Å². The lowest BCUT2D eigenvalue weighted by molar-refractivity contribution is 0.0819. The minimum absolute atomic E-state index is 0.0737. The molecule has 1 aliphatic rings. The zero-order valence-electron chi connectivity index (χ0n) is 14.0. The fraction of sp³-hybridized carbons (Fsp3) is 0.316. The lowest BCUT2D eigenvalue weighted by atomic mass is 10.1. The number of anilines is 2. The Hall–Kier alpha value is -2.47. The number of amides is 1. The van der Waals surface area contributed by atoms with Crippen LogP contribution in [0, 0.1) is 11.6 Å². The number of nitrogens with one attached hydrogen (secondary N) is 1. The molecule has 1 amide bonds. The number of nitrogens with zero attached hydrogens (tertiary/aromatic N) is 1. The third-order valence-corrected chi connectivity index (χ3v) is 4.45. The molecule has 0 radical (unpaired) electrons. The van der Waals surface area contributed by atoms with Crippen molar-refractivity contribution in [1.29, 1.82) is 0 Å². The van der Waals surface area contributed by atoms with E-state index < -0.39 is 17.5 Å². The van der Waals surface area contributed by atoms with E-state index in [0.29, 0.717) is 11.8 Å². The number of rotatable bonds is 4. The number of hydrogen-bond donors (Lipinski definition) is 1. The molecule has 0 aliphatic carbocycles. The van der Waals surface area contributed by atoms with Gasteiger partial charge in [0.2, 0.25) is 0 Å². The van der Waals surface area contributed by atoms with Crippen LogP contribution in [0.2, 0.25) is 0 Å². The van der Waals surface area contributed by atoms with Crippen LogP contribution in [0.5, 0.6) is 0 Å². The Balaban J connectivity index is 1.62. The molecule has 0 atom stereocenters. The predicted molar refractivity (Wildman–Crippen MR) is 93.0 cm³/mol. The number of benzene rings is 2. The normalized spacial score (nSPS) is 15.2. The summed E-state index contributed by atoms with van der Waals surface area (Å²) >= 11 is 0. The second kappa shape index (κ2) is 7.61. The number of halogens is 2. The summed E-state index contributed by atoms with van der Waals surface area (Å²) in [5.74, 6) is -2.49. The van der Waals surface area contributed by atoms with Crippen LogP contribution in [0.15, 0.2) is 42.5 Å². The van der Waals surface area contributed by atoms with E-state index in [1.54, 1.807) is 19.2 Å². The molecule has 1 heterocycles. The highest BCUT2D eigenvalue weighted by Gasteiger charge is 2.18. The van der Waals surface area contributed by atoms with Crippen LogP contribution in [-0.4, -0.2) is 32.2 Å². The van der Waals surface area contributed by atoms with Crippen LogP contribution < -0.4 is 10.2 Å². The molecule has 0 bridgehead atoms. The smallest absolute Gasteiger partial charge is 0.255 e. The van der Waals surface area contributed by atoms with Gasteiger partial charge in [-0.15, -0.1) is 0 Å². The molecule has 6 heteroatoms. The van der Waals surface area contributed by atoms with Crippen LogP contribution in [0.3, 0.4) is 0 Å². The van der Waals surface area contributed by atoms with Crippen molar-refractivity contribution in [2.45, 2.75) is 18.9 Å². The lowest BCUT2D eigenvalue weighted by Crippen LogP contribution is -2.36. The first-order valence-electron chi connectivity index (χ1n) is 8.21. The van der Waals surface area contributed by atoms with Gasteiger partial charge in [0, 0.05) is 37.1 Å². The molecular formula is C19H20F2N2O2. The summed E-state index contributed by atoms with van der Waals surface area (Å²) in [6.07, 6.45) is 2.31. The van der Waals surface area contributed by atoms with Crippen LogP contribution in [-0.2, 0) is 4.74 Å². The third kappa shape index (κ3) is 4.14. The Morgan fingerprint density at radius 1 is 1.08 bits per heavy atom. The van der Waals surface area contributed by atoms with Crippen molar-refractivity contribution in [1.82, 2.24) is 0 Å². The van der Waals surface area contributed by atoms with E-state index in [2.05, 4.69) is 10.2 Å². The molecule has 3 rings (SSSR count). The second-order valence-corrected chi connectivity index (χ2v) is 6.05. The molecular weight excluding hydrogens is 326 g/mol. The molecule has 0 aromatic heterocycles. The summed E-state index contributed by atoms with van der Waals surface area (Å²) < 4.78 is 31.5. The average Bonchev–Trinajstić information content (AvgIpc) is 2.64. The molecule has 132 valence electrons. The van der Waals surface area contributed by atoms with Crippen LogP contribution in [0.1, 0.15) is 23.2 Å². The first-order valence-corrected chi connectivity index (χ1v) is 8.21. The fourth-order valence-corrected chi connectivity index (χ4v) is 2.95.